The number of anilines is 1. The molecule has 1 aromatic heterocycles. The van der Waals surface area contributed by atoms with Gasteiger partial charge in [-0.3, -0.25) is 0 Å². The standard InChI is InChI=1S/C12H9BrFNO2S/c1-5-9(15)11(12(16)17)18-10(5)7-3-2-6(14)4-8(7)13/h2-4H,15H2,1H3,(H,16,17). The van der Waals surface area contributed by atoms with E-state index in [0.717, 1.165) is 21.8 Å². The fraction of sp³-hybridized carbons (Fsp3) is 0.0833. The molecule has 18 heavy (non-hydrogen) atoms. The number of carboxylic acid groups (broad SMARTS) is 1. The van der Waals surface area contributed by atoms with Gasteiger partial charge in [-0.15, -0.1) is 11.3 Å². The summed E-state index contributed by atoms with van der Waals surface area (Å²) in [6.45, 7) is 1.75. The first kappa shape index (κ1) is 13.0. The Hall–Kier alpha value is -1.40. The number of carbonyl (C=O) groups is 1. The third-order valence-electron chi connectivity index (χ3n) is 2.56. The molecule has 0 aliphatic rings. The van der Waals surface area contributed by atoms with Gasteiger partial charge in [0.1, 0.15) is 10.7 Å². The molecule has 0 saturated carbocycles. The maximum atomic E-state index is 13.0. The highest BCUT2D eigenvalue weighted by Gasteiger charge is 2.20. The van der Waals surface area contributed by atoms with Gasteiger partial charge in [-0.1, -0.05) is 15.9 Å². The van der Waals surface area contributed by atoms with Crippen LogP contribution in [0.2, 0.25) is 0 Å². The lowest BCUT2D eigenvalue weighted by atomic mass is 10.1. The normalized spacial score (nSPS) is 10.6. The van der Waals surface area contributed by atoms with Crippen LogP contribution in [0.1, 0.15) is 15.2 Å². The van der Waals surface area contributed by atoms with Crippen molar-refractivity contribution < 1.29 is 14.3 Å². The molecule has 0 saturated heterocycles. The molecule has 0 fully saturated rings. The topological polar surface area (TPSA) is 63.3 Å². The smallest absolute Gasteiger partial charge is 0.348 e. The highest BCUT2D eigenvalue weighted by molar-refractivity contribution is 9.10. The number of aromatic carboxylic acids is 1. The van der Waals surface area contributed by atoms with Gasteiger partial charge in [0, 0.05) is 14.9 Å². The lowest BCUT2D eigenvalue weighted by Crippen LogP contribution is -1.97. The van der Waals surface area contributed by atoms with Crippen LogP contribution in [-0.2, 0) is 0 Å². The minimum atomic E-state index is -1.05. The Morgan fingerprint density at radius 2 is 2.17 bits per heavy atom. The van der Waals surface area contributed by atoms with Gasteiger partial charge in [0.15, 0.2) is 0 Å². The number of carboxylic acids is 1. The molecule has 1 aromatic carbocycles. The molecule has 3 nitrogen and oxygen atoms in total. The minimum absolute atomic E-state index is 0.110. The van der Waals surface area contributed by atoms with Crippen LogP contribution >= 0.6 is 27.3 Å². The Balaban J connectivity index is 2.64. The molecule has 0 amide bonds. The van der Waals surface area contributed by atoms with Gasteiger partial charge in [0.25, 0.3) is 0 Å². The quantitative estimate of drug-likeness (QED) is 0.878. The Morgan fingerprint density at radius 3 is 2.67 bits per heavy atom. The number of nitrogens with two attached hydrogens (primary N) is 1. The molecule has 0 bridgehead atoms. The van der Waals surface area contributed by atoms with Gasteiger partial charge in [-0.25, -0.2) is 9.18 Å². The molecule has 2 aromatic rings. The predicted octanol–water partition coefficient (Wildman–Crippen LogP) is 3.91. The molecule has 3 N–H and O–H groups in total. The summed E-state index contributed by atoms with van der Waals surface area (Å²) in [5, 5.41) is 9.02. The first-order valence-corrected chi connectivity index (χ1v) is 6.60. The monoisotopic (exact) mass is 329 g/mol. The van der Waals surface area contributed by atoms with E-state index in [4.69, 9.17) is 10.8 Å². The van der Waals surface area contributed by atoms with E-state index in [9.17, 15) is 9.18 Å². The fourth-order valence-electron chi connectivity index (χ4n) is 1.62. The largest absolute Gasteiger partial charge is 0.477 e. The van der Waals surface area contributed by atoms with Crippen molar-refractivity contribution >= 4 is 38.9 Å². The predicted molar refractivity (Wildman–Crippen MR) is 73.5 cm³/mol. The zero-order chi connectivity index (χ0) is 13.4. The maximum absolute atomic E-state index is 13.0. The number of thiophene rings is 1. The summed E-state index contributed by atoms with van der Waals surface area (Å²) in [5.74, 6) is -1.41. The van der Waals surface area contributed by atoms with Crippen LogP contribution < -0.4 is 5.73 Å². The number of benzene rings is 1. The molecule has 2 rings (SSSR count). The van der Waals surface area contributed by atoms with E-state index >= 15 is 0 Å². The van der Waals surface area contributed by atoms with Gasteiger partial charge in [0.05, 0.1) is 5.69 Å². The third-order valence-corrected chi connectivity index (χ3v) is 4.55. The first-order chi connectivity index (χ1) is 8.41. The van der Waals surface area contributed by atoms with Gasteiger partial charge in [-0.2, -0.15) is 0 Å². The summed E-state index contributed by atoms with van der Waals surface area (Å²) in [7, 11) is 0. The van der Waals surface area contributed by atoms with Crippen LogP contribution in [-0.4, -0.2) is 11.1 Å². The van der Waals surface area contributed by atoms with Crippen molar-refractivity contribution in [3.05, 3.63) is 38.9 Å². The second-order valence-corrected chi connectivity index (χ2v) is 5.60. The average Bonchev–Trinajstić information content (AvgIpc) is 2.57. The number of hydrogen-bond acceptors (Lipinski definition) is 3. The van der Waals surface area contributed by atoms with Crippen molar-refractivity contribution in [2.24, 2.45) is 0 Å². The molecule has 0 unspecified atom stereocenters. The third kappa shape index (κ3) is 2.13. The minimum Gasteiger partial charge on any atom is -0.477 e. The van der Waals surface area contributed by atoms with Gasteiger partial charge >= 0.3 is 5.97 Å². The summed E-state index contributed by atoms with van der Waals surface area (Å²) in [4.78, 5) is 11.9. The van der Waals surface area contributed by atoms with E-state index < -0.39 is 5.97 Å². The lowest BCUT2D eigenvalue weighted by Gasteiger charge is -2.03. The van der Waals surface area contributed by atoms with E-state index in [1.807, 2.05) is 0 Å². The molecule has 0 spiro atoms. The molecule has 0 aliphatic carbocycles. The number of nitrogen functional groups attached to an aromatic ring is 1. The summed E-state index contributed by atoms with van der Waals surface area (Å²) in [5.41, 5.74) is 7.46. The van der Waals surface area contributed by atoms with Crippen molar-refractivity contribution in [3.63, 3.8) is 0 Å². The van der Waals surface area contributed by atoms with E-state index in [0.29, 0.717) is 10.0 Å². The second-order valence-electron chi connectivity index (χ2n) is 3.73. The van der Waals surface area contributed by atoms with Crippen LogP contribution in [0, 0.1) is 12.7 Å². The van der Waals surface area contributed by atoms with E-state index in [-0.39, 0.29) is 16.4 Å². The summed E-state index contributed by atoms with van der Waals surface area (Å²) in [6, 6.07) is 4.27. The van der Waals surface area contributed by atoms with E-state index in [1.54, 1.807) is 13.0 Å². The summed E-state index contributed by atoms with van der Waals surface area (Å²) in [6.07, 6.45) is 0. The van der Waals surface area contributed by atoms with Crippen LogP contribution in [0.5, 0.6) is 0 Å². The average molecular weight is 330 g/mol. The molecule has 94 valence electrons. The van der Waals surface area contributed by atoms with Crippen LogP contribution in [0.15, 0.2) is 22.7 Å². The van der Waals surface area contributed by atoms with Gasteiger partial charge in [0.2, 0.25) is 0 Å². The summed E-state index contributed by atoms with van der Waals surface area (Å²) < 4.78 is 13.6. The maximum Gasteiger partial charge on any atom is 0.348 e. The van der Waals surface area contributed by atoms with Crippen molar-refractivity contribution in [3.8, 4) is 10.4 Å². The van der Waals surface area contributed by atoms with Crippen LogP contribution in [0.25, 0.3) is 10.4 Å². The number of halogens is 2. The Kier molecular flexibility index (Phi) is 3.41. The summed E-state index contributed by atoms with van der Waals surface area (Å²) >= 11 is 4.36. The molecule has 1 heterocycles. The zero-order valence-electron chi connectivity index (χ0n) is 9.33. The number of rotatable bonds is 2. The first-order valence-electron chi connectivity index (χ1n) is 4.99. The lowest BCUT2D eigenvalue weighted by molar-refractivity contribution is 0.0703. The van der Waals surface area contributed by atoms with E-state index in [2.05, 4.69) is 15.9 Å². The fourth-order valence-corrected chi connectivity index (χ4v) is 3.40. The molecule has 6 heteroatoms. The molecule has 0 radical (unpaired) electrons. The number of hydrogen-bond donors (Lipinski definition) is 2. The van der Waals surface area contributed by atoms with Crippen molar-refractivity contribution in [1.82, 2.24) is 0 Å². The Labute approximate surface area is 115 Å². The second kappa shape index (κ2) is 4.70. The Bertz CT molecular complexity index is 639. The highest BCUT2D eigenvalue weighted by atomic mass is 79.9. The van der Waals surface area contributed by atoms with Crippen LogP contribution in [0.3, 0.4) is 0 Å². The Morgan fingerprint density at radius 1 is 1.50 bits per heavy atom. The molecule has 0 atom stereocenters. The SMILES string of the molecule is Cc1c(-c2ccc(F)cc2Br)sc(C(=O)O)c1N. The van der Waals surface area contributed by atoms with Crippen molar-refractivity contribution in [2.75, 3.05) is 5.73 Å². The van der Waals surface area contributed by atoms with E-state index in [1.165, 1.54) is 12.1 Å². The highest BCUT2D eigenvalue weighted by Crippen LogP contribution is 2.41. The molecular formula is C12H9BrFNO2S. The molecule has 0 aliphatic heterocycles. The van der Waals surface area contributed by atoms with Gasteiger partial charge in [-0.05, 0) is 30.7 Å². The van der Waals surface area contributed by atoms with Crippen molar-refractivity contribution in [2.45, 2.75) is 6.92 Å². The van der Waals surface area contributed by atoms with Crippen molar-refractivity contribution in [1.29, 1.82) is 0 Å². The van der Waals surface area contributed by atoms with Gasteiger partial charge < -0.3 is 10.8 Å². The zero-order valence-corrected chi connectivity index (χ0v) is 11.7. The molecular weight excluding hydrogens is 321 g/mol. The van der Waals surface area contributed by atoms with Crippen LogP contribution in [0.4, 0.5) is 10.1 Å².